The molecule has 0 aliphatic carbocycles. The number of amides is 1. The van der Waals surface area contributed by atoms with E-state index in [9.17, 15) is 9.59 Å². The van der Waals surface area contributed by atoms with Gasteiger partial charge in [-0.1, -0.05) is 12.8 Å². The number of hydrogen-bond acceptors (Lipinski definition) is 4. The van der Waals surface area contributed by atoms with Crippen LogP contribution >= 0.6 is 0 Å². The van der Waals surface area contributed by atoms with Gasteiger partial charge in [0.2, 0.25) is 5.91 Å². The Hall–Kier alpha value is -2.50. The fraction of sp³-hybridized carbons (Fsp3) is 0.444. The van der Waals surface area contributed by atoms with Gasteiger partial charge in [0.25, 0.3) is 0 Å². The summed E-state index contributed by atoms with van der Waals surface area (Å²) in [6, 6.07) is 7.03. The Morgan fingerprint density at radius 2 is 1.88 bits per heavy atom. The molecule has 24 heavy (non-hydrogen) atoms. The van der Waals surface area contributed by atoms with Crippen molar-refractivity contribution < 1.29 is 18.7 Å². The average Bonchev–Trinajstić information content (AvgIpc) is 3.17. The number of furan rings is 1. The van der Waals surface area contributed by atoms with Crippen molar-refractivity contribution in [1.82, 2.24) is 9.47 Å². The minimum Gasteiger partial charge on any atom is -0.464 e. The SMILES string of the molecule is COC(=O)c1ccc(-c2ccco2)n1CC(=O)N1CCCCCC1. The number of aromatic nitrogens is 1. The molecule has 2 aromatic heterocycles. The molecule has 0 spiro atoms. The molecule has 0 N–H and O–H groups in total. The molecule has 0 radical (unpaired) electrons. The van der Waals surface area contributed by atoms with Crippen LogP contribution in [0.15, 0.2) is 34.9 Å². The predicted molar refractivity (Wildman–Crippen MR) is 88.5 cm³/mol. The summed E-state index contributed by atoms with van der Waals surface area (Å²) in [5.74, 6) is 0.177. The van der Waals surface area contributed by atoms with E-state index in [0.29, 0.717) is 17.1 Å². The van der Waals surface area contributed by atoms with Gasteiger partial charge < -0.3 is 18.6 Å². The predicted octanol–water partition coefficient (Wildman–Crippen LogP) is 2.94. The molecule has 0 aromatic carbocycles. The quantitative estimate of drug-likeness (QED) is 0.809. The average molecular weight is 330 g/mol. The maximum atomic E-state index is 12.7. The van der Waals surface area contributed by atoms with Crippen LogP contribution in [0.2, 0.25) is 0 Å². The summed E-state index contributed by atoms with van der Waals surface area (Å²) < 4.78 is 12.0. The van der Waals surface area contributed by atoms with Crippen molar-refractivity contribution in [2.45, 2.75) is 32.2 Å². The second-order valence-electron chi connectivity index (χ2n) is 5.95. The van der Waals surface area contributed by atoms with Gasteiger partial charge in [-0.3, -0.25) is 4.79 Å². The fourth-order valence-corrected chi connectivity index (χ4v) is 3.12. The summed E-state index contributed by atoms with van der Waals surface area (Å²) in [5.41, 5.74) is 1.05. The van der Waals surface area contributed by atoms with Gasteiger partial charge in [-0.15, -0.1) is 0 Å². The fourth-order valence-electron chi connectivity index (χ4n) is 3.12. The highest BCUT2D eigenvalue weighted by atomic mass is 16.5. The minimum absolute atomic E-state index is 0.0195. The summed E-state index contributed by atoms with van der Waals surface area (Å²) in [5, 5.41) is 0. The highest BCUT2D eigenvalue weighted by molar-refractivity contribution is 5.90. The number of carbonyl (C=O) groups excluding carboxylic acids is 2. The van der Waals surface area contributed by atoms with E-state index in [1.807, 2.05) is 11.0 Å². The molecule has 0 atom stereocenters. The molecular formula is C18H22N2O4. The van der Waals surface area contributed by atoms with Crippen molar-refractivity contribution in [3.05, 3.63) is 36.2 Å². The largest absolute Gasteiger partial charge is 0.464 e. The van der Waals surface area contributed by atoms with Crippen LogP contribution in [0.3, 0.4) is 0 Å². The first-order valence-electron chi connectivity index (χ1n) is 8.30. The molecule has 2 aromatic rings. The number of methoxy groups -OCH3 is 1. The third-order valence-corrected chi connectivity index (χ3v) is 4.40. The van der Waals surface area contributed by atoms with Crippen molar-refractivity contribution in [2.75, 3.05) is 20.2 Å². The topological polar surface area (TPSA) is 64.7 Å². The summed E-state index contributed by atoms with van der Waals surface area (Å²) in [6.45, 7) is 1.67. The van der Waals surface area contributed by atoms with Crippen molar-refractivity contribution in [3.8, 4) is 11.5 Å². The van der Waals surface area contributed by atoms with Crippen molar-refractivity contribution in [2.24, 2.45) is 0 Å². The van der Waals surface area contributed by atoms with E-state index in [2.05, 4.69) is 0 Å². The van der Waals surface area contributed by atoms with E-state index in [4.69, 9.17) is 9.15 Å². The van der Waals surface area contributed by atoms with E-state index >= 15 is 0 Å². The molecule has 128 valence electrons. The Balaban J connectivity index is 1.88. The molecule has 3 rings (SSSR count). The summed E-state index contributed by atoms with van der Waals surface area (Å²) in [4.78, 5) is 26.6. The molecular weight excluding hydrogens is 308 g/mol. The molecule has 0 unspecified atom stereocenters. The third kappa shape index (κ3) is 3.37. The minimum atomic E-state index is -0.462. The molecule has 1 aliphatic rings. The molecule has 1 saturated heterocycles. The maximum Gasteiger partial charge on any atom is 0.354 e. The Kier molecular flexibility index (Phi) is 5.03. The van der Waals surface area contributed by atoms with Crippen LogP contribution in [-0.4, -0.2) is 41.5 Å². The second kappa shape index (κ2) is 7.38. The number of esters is 1. The van der Waals surface area contributed by atoms with E-state index in [1.165, 1.54) is 20.0 Å². The molecule has 0 saturated carbocycles. The summed E-state index contributed by atoms with van der Waals surface area (Å²) in [7, 11) is 1.34. The normalized spacial score (nSPS) is 15.1. The smallest absolute Gasteiger partial charge is 0.354 e. The van der Waals surface area contributed by atoms with Crippen LogP contribution in [0, 0.1) is 0 Å². The van der Waals surface area contributed by atoms with Crippen molar-refractivity contribution in [3.63, 3.8) is 0 Å². The Labute approximate surface area is 141 Å². The van der Waals surface area contributed by atoms with Gasteiger partial charge in [0.1, 0.15) is 18.0 Å². The monoisotopic (exact) mass is 330 g/mol. The Morgan fingerprint density at radius 3 is 2.50 bits per heavy atom. The van der Waals surface area contributed by atoms with Crippen LogP contribution in [0.5, 0.6) is 0 Å². The van der Waals surface area contributed by atoms with Crippen LogP contribution in [0.25, 0.3) is 11.5 Å². The molecule has 1 fully saturated rings. The Bertz CT molecular complexity index is 695. The maximum absolute atomic E-state index is 12.7. The molecule has 1 aliphatic heterocycles. The lowest BCUT2D eigenvalue weighted by Crippen LogP contribution is -2.35. The van der Waals surface area contributed by atoms with Crippen molar-refractivity contribution >= 4 is 11.9 Å². The lowest BCUT2D eigenvalue weighted by molar-refractivity contribution is -0.131. The van der Waals surface area contributed by atoms with Gasteiger partial charge in [0.15, 0.2) is 0 Å². The lowest BCUT2D eigenvalue weighted by atomic mass is 10.2. The number of hydrogen-bond donors (Lipinski definition) is 0. The zero-order valence-electron chi connectivity index (χ0n) is 13.9. The van der Waals surface area contributed by atoms with Gasteiger partial charge >= 0.3 is 5.97 Å². The first-order chi connectivity index (χ1) is 11.7. The molecule has 6 heteroatoms. The van der Waals surface area contributed by atoms with Crippen LogP contribution in [0.4, 0.5) is 0 Å². The van der Waals surface area contributed by atoms with Gasteiger partial charge in [0, 0.05) is 13.1 Å². The zero-order chi connectivity index (χ0) is 16.9. The third-order valence-electron chi connectivity index (χ3n) is 4.40. The Morgan fingerprint density at radius 1 is 1.12 bits per heavy atom. The van der Waals surface area contributed by atoms with Crippen LogP contribution in [-0.2, 0) is 16.1 Å². The van der Waals surface area contributed by atoms with Gasteiger partial charge in [0.05, 0.1) is 19.1 Å². The van der Waals surface area contributed by atoms with Gasteiger partial charge in [-0.2, -0.15) is 0 Å². The number of ether oxygens (including phenoxy) is 1. The number of likely N-dealkylation sites (tertiary alicyclic amines) is 1. The highest BCUT2D eigenvalue weighted by Crippen LogP contribution is 2.24. The van der Waals surface area contributed by atoms with Gasteiger partial charge in [-0.25, -0.2) is 4.79 Å². The molecule has 1 amide bonds. The lowest BCUT2D eigenvalue weighted by Gasteiger charge is -2.21. The molecule has 3 heterocycles. The molecule has 0 bridgehead atoms. The van der Waals surface area contributed by atoms with Gasteiger partial charge in [-0.05, 0) is 37.1 Å². The summed E-state index contributed by atoms with van der Waals surface area (Å²) in [6.07, 6.45) is 5.97. The first kappa shape index (κ1) is 16.4. The van der Waals surface area contributed by atoms with Crippen LogP contribution in [0.1, 0.15) is 36.2 Å². The first-order valence-corrected chi connectivity index (χ1v) is 8.30. The van der Waals surface area contributed by atoms with E-state index in [1.54, 1.807) is 29.0 Å². The highest BCUT2D eigenvalue weighted by Gasteiger charge is 2.22. The number of carbonyl (C=O) groups is 2. The standard InChI is InChI=1S/C18H22N2O4/c1-23-18(22)15-9-8-14(16-7-6-12-24-16)20(15)13-17(21)19-10-4-2-3-5-11-19/h6-9,12H,2-5,10-11,13H2,1H3. The van der Waals surface area contributed by atoms with Crippen LogP contribution < -0.4 is 0 Å². The zero-order valence-corrected chi connectivity index (χ0v) is 13.9. The molecule has 6 nitrogen and oxygen atoms in total. The number of nitrogens with zero attached hydrogens (tertiary/aromatic N) is 2. The van der Waals surface area contributed by atoms with Crippen molar-refractivity contribution in [1.29, 1.82) is 0 Å². The second-order valence-corrected chi connectivity index (χ2v) is 5.95. The summed E-state index contributed by atoms with van der Waals surface area (Å²) >= 11 is 0. The van der Waals surface area contributed by atoms with E-state index in [0.717, 1.165) is 25.9 Å². The number of rotatable bonds is 4. The van der Waals surface area contributed by atoms with E-state index < -0.39 is 5.97 Å². The van der Waals surface area contributed by atoms with E-state index in [-0.39, 0.29) is 12.5 Å².